The number of carbonyl (C=O) groups is 2. The highest BCUT2D eigenvalue weighted by Crippen LogP contribution is 2.25. The van der Waals surface area contributed by atoms with E-state index in [4.69, 9.17) is 27.9 Å². The fourth-order valence-corrected chi connectivity index (χ4v) is 3.26. The SMILES string of the molecule is CC(OC(=O)c1c(Cl)cccc1Cl)C(=O)NC1CCCCCC1. The first kappa shape index (κ1) is 18.1. The number of carbonyl (C=O) groups excluding carboxylic acids is 2. The van der Waals surface area contributed by atoms with E-state index in [2.05, 4.69) is 5.32 Å². The standard InChI is InChI=1S/C17H21Cl2NO3/c1-11(16(21)20-12-7-4-2-3-5-8-12)23-17(22)15-13(18)9-6-10-14(15)19/h6,9-12H,2-5,7-8H2,1H3,(H,20,21). The summed E-state index contributed by atoms with van der Waals surface area (Å²) in [4.78, 5) is 24.4. The zero-order chi connectivity index (χ0) is 16.8. The van der Waals surface area contributed by atoms with Gasteiger partial charge in [0.1, 0.15) is 0 Å². The van der Waals surface area contributed by atoms with E-state index in [0.29, 0.717) is 0 Å². The highest BCUT2D eigenvalue weighted by Gasteiger charge is 2.24. The van der Waals surface area contributed by atoms with Gasteiger partial charge >= 0.3 is 5.97 Å². The minimum Gasteiger partial charge on any atom is -0.449 e. The summed E-state index contributed by atoms with van der Waals surface area (Å²) in [5, 5.41) is 3.38. The Balaban J connectivity index is 1.93. The van der Waals surface area contributed by atoms with Gasteiger partial charge < -0.3 is 10.1 Å². The number of amides is 1. The summed E-state index contributed by atoms with van der Waals surface area (Å²) >= 11 is 12.0. The first-order valence-corrected chi connectivity index (χ1v) is 8.70. The summed E-state index contributed by atoms with van der Waals surface area (Å²) < 4.78 is 5.21. The van der Waals surface area contributed by atoms with Crippen LogP contribution in [0.2, 0.25) is 10.0 Å². The van der Waals surface area contributed by atoms with Crippen LogP contribution in [0.3, 0.4) is 0 Å². The number of hydrogen-bond acceptors (Lipinski definition) is 3. The molecule has 1 N–H and O–H groups in total. The molecule has 1 amide bonds. The number of halogens is 2. The molecule has 0 radical (unpaired) electrons. The summed E-state index contributed by atoms with van der Waals surface area (Å²) in [5.74, 6) is -0.974. The predicted molar refractivity (Wildman–Crippen MR) is 91.0 cm³/mol. The van der Waals surface area contributed by atoms with E-state index < -0.39 is 12.1 Å². The van der Waals surface area contributed by atoms with E-state index in [-0.39, 0.29) is 27.6 Å². The fourth-order valence-electron chi connectivity index (χ4n) is 2.71. The predicted octanol–water partition coefficient (Wildman–Crippen LogP) is 4.38. The number of hydrogen-bond donors (Lipinski definition) is 1. The molecule has 23 heavy (non-hydrogen) atoms. The molecule has 126 valence electrons. The smallest absolute Gasteiger partial charge is 0.341 e. The van der Waals surface area contributed by atoms with Crippen LogP contribution in [0.4, 0.5) is 0 Å². The molecule has 1 fully saturated rings. The summed E-state index contributed by atoms with van der Waals surface area (Å²) in [7, 11) is 0. The summed E-state index contributed by atoms with van der Waals surface area (Å²) in [6, 6.07) is 4.92. The second-order valence-electron chi connectivity index (χ2n) is 5.84. The lowest BCUT2D eigenvalue weighted by Gasteiger charge is -2.20. The van der Waals surface area contributed by atoms with Gasteiger partial charge in [0, 0.05) is 6.04 Å². The van der Waals surface area contributed by atoms with E-state index in [0.717, 1.165) is 25.7 Å². The van der Waals surface area contributed by atoms with Gasteiger partial charge in [-0.25, -0.2) is 4.79 Å². The molecule has 0 heterocycles. The van der Waals surface area contributed by atoms with E-state index >= 15 is 0 Å². The second kappa shape index (κ2) is 8.55. The molecule has 1 unspecified atom stereocenters. The largest absolute Gasteiger partial charge is 0.449 e. The zero-order valence-electron chi connectivity index (χ0n) is 13.1. The average molecular weight is 358 g/mol. The van der Waals surface area contributed by atoms with Crippen molar-refractivity contribution in [2.24, 2.45) is 0 Å². The van der Waals surface area contributed by atoms with Crippen LogP contribution in [0.1, 0.15) is 55.8 Å². The second-order valence-corrected chi connectivity index (χ2v) is 6.66. The van der Waals surface area contributed by atoms with Crippen molar-refractivity contribution in [3.05, 3.63) is 33.8 Å². The topological polar surface area (TPSA) is 55.4 Å². The number of benzene rings is 1. The fraction of sp³-hybridized carbons (Fsp3) is 0.529. The molecule has 1 aliphatic rings. The van der Waals surface area contributed by atoms with Crippen molar-refractivity contribution >= 4 is 35.1 Å². The van der Waals surface area contributed by atoms with E-state index in [1.165, 1.54) is 12.8 Å². The van der Waals surface area contributed by atoms with Crippen molar-refractivity contribution in [3.63, 3.8) is 0 Å². The Kier molecular flexibility index (Phi) is 6.72. The van der Waals surface area contributed by atoms with E-state index in [9.17, 15) is 9.59 Å². The lowest BCUT2D eigenvalue weighted by Crippen LogP contribution is -2.41. The van der Waals surface area contributed by atoms with Crippen molar-refractivity contribution in [3.8, 4) is 0 Å². The monoisotopic (exact) mass is 357 g/mol. The Morgan fingerprint density at radius 2 is 1.70 bits per heavy atom. The molecule has 0 saturated heterocycles. The van der Waals surface area contributed by atoms with Crippen molar-refractivity contribution < 1.29 is 14.3 Å². The molecule has 1 saturated carbocycles. The molecular formula is C17H21Cl2NO3. The third kappa shape index (κ3) is 5.11. The molecule has 0 spiro atoms. The van der Waals surface area contributed by atoms with Crippen LogP contribution in [-0.4, -0.2) is 24.0 Å². The molecule has 1 aliphatic carbocycles. The van der Waals surface area contributed by atoms with Crippen LogP contribution < -0.4 is 5.32 Å². The molecule has 0 bridgehead atoms. The quantitative estimate of drug-likeness (QED) is 0.642. The molecular weight excluding hydrogens is 337 g/mol. The van der Waals surface area contributed by atoms with Gasteiger partial charge in [-0.15, -0.1) is 0 Å². The normalized spacial score (nSPS) is 17.2. The third-order valence-corrected chi connectivity index (χ3v) is 4.65. The minimum atomic E-state index is -0.891. The Morgan fingerprint density at radius 3 is 2.26 bits per heavy atom. The summed E-state index contributed by atoms with van der Waals surface area (Å²) in [6.45, 7) is 1.55. The van der Waals surface area contributed by atoms with Crippen LogP contribution in [0.15, 0.2) is 18.2 Å². The van der Waals surface area contributed by atoms with Crippen molar-refractivity contribution in [2.45, 2.75) is 57.6 Å². The zero-order valence-corrected chi connectivity index (χ0v) is 14.6. The highest BCUT2D eigenvalue weighted by atomic mass is 35.5. The molecule has 1 aromatic carbocycles. The van der Waals surface area contributed by atoms with Crippen LogP contribution in [0, 0.1) is 0 Å². The molecule has 4 nitrogen and oxygen atoms in total. The van der Waals surface area contributed by atoms with Crippen LogP contribution in [0.5, 0.6) is 0 Å². The number of nitrogens with one attached hydrogen (secondary N) is 1. The Hall–Kier alpha value is -1.26. The van der Waals surface area contributed by atoms with Gasteiger partial charge in [0.05, 0.1) is 15.6 Å². The van der Waals surface area contributed by atoms with Gasteiger partial charge in [-0.2, -0.15) is 0 Å². The minimum absolute atomic E-state index is 0.0879. The van der Waals surface area contributed by atoms with Gasteiger partial charge in [0.15, 0.2) is 6.10 Å². The highest BCUT2D eigenvalue weighted by molar-refractivity contribution is 6.39. The Bertz CT molecular complexity index is 549. The van der Waals surface area contributed by atoms with Gasteiger partial charge in [0.2, 0.25) is 0 Å². The Morgan fingerprint density at radius 1 is 1.13 bits per heavy atom. The maximum Gasteiger partial charge on any atom is 0.341 e. The van der Waals surface area contributed by atoms with E-state index in [1.54, 1.807) is 25.1 Å². The van der Waals surface area contributed by atoms with Gasteiger partial charge in [-0.05, 0) is 31.9 Å². The van der Waals surface area contributed by atoms with E-state index in [1.807, 2.05) is 0 Å². The van der Waals surface area contributed by atoms with Gasteiger partial charge in [-0.1, -0.05) is 55.0 Å². The van der Waals surface area contributed by atoms with Crippen molar-refractivity contribution in [1.82, 2.24) is 5.32 Å². The lowest BCUT2D eigenvalue weighted by atomic mass is 10.1. The van der Waals surface area contributed by atoms with Gasteiger partial charge in [-0.3, -0.25) is 4.79 Å². The van der Waals surface area contributed by atoms with Crippen molar-refractivity contribution in [1.29, 1.82) is 0 Å². The third-order valence-electron chi connectivity index (χ3n) is 4.02. The summed E-state index contributed by atoms with van der Waals surface area (Å²) in [5.41, 5.74) is 0.0879. The van der Waals surface area contributed by atoms with Crippen molar-refractivity contribution in [2.75, 3.05) is 0 Å². The molecule has 6 heteroatoms. The molecule has 2 rings (SSSR count). The van der Waals surface area contributed by atoms with Gasteiger partial charge in [0.25, 0.3) is 5.91 Å². The molecule has 1 atom stereocenters. The van der Waals surface area contributed by atoms with Crippen LogP contribution in [-0.2, 0) is 9.53 Å². The maximum absolute atomic E-state index is 12.2. The molecule has 0 aliphatic heterocycles. The first-order chi connectivity index (χ1) is 11.0. The average Bonchev–Trinajstić information content (AvgIpc) is 2.75. The number of rotatable bonds is 4. The number of ether oxygens (including phenoxy) is 1. The maximum atomic E-state index is 12.2. The molecule has 1 aromatic rings. The van der Waals surface area contributed by atoms with Crippen LogP contribution >= 0.6 is 23.2 Å². The lowest BCUT2D eigenvalue weighted by molar-refractivity contribution is -0.129. The van der Waals surface area contributed by atoms with Crippen LogP contribution in [0.25, 0.3) is 0 Å². The number of esters is 1. The molecule has 0 aromatic heterocycles. The summed E-state index contributed by atoms with van der Waals surface area (Å²) in [6.07, 6.45) is 5.72. The Labute approximate surface area is 146 Å². The first-order valence-electron chi connectivity index (χ1n) is 7.94.